The smallest absolute Gasteiger partial charge is 0.147 e. The van der Waals surface area contributed by atoms with Crippen LogP contribution in [-0.4, -0.2) is 6.54 Å². The average Bonchev–Trinajstić information content (AvgIpc) is 2.39. The number of halogens is 2. The van der Waals surface area contributed by atoms with E-state index in [-0.39, 0.29) is 5.82 Å². The first kappa shape index (κ1) is 12.8. The molecule has 0 unspecified atom stereocenters. The lowest BCUT2D eigenvalue weighted by molar-refractivity contribution is 0.630. The summed E-state index contributed by atoms with van der Waals surface area (Å²) in [6.45, 7) is 4.50. The van der Waals surface area contributed by atoms with Gasteiger partial charge in [0.1, 0.15) is 5.82 Å². The maximum Gasteiger partial charge on any atom is 0.147 e. The molecule has 0 heterocycles. The second kappa shape index (κ2) is 5.83. The predicted octanol–water partition coefficient (Wildman–Crippen LogP) is 4.71. The molecular formula is C15H13BrFN. The molecule has 0 aromatic heterocycles. The van der Waals surface area contributed by atoms with Crippen molar-refractivity contribution in [2.75, 3.05) is 11.9 Å². The maximum absolute atomic E-state index is 13.6. The number of rotatable bonds is 4. The quantitative estimate of drug-likeness (QED) is 0.862. The molecule has 1 nitrogen and oxygen atoms in total. The van der Waals surface area contributed by atoms with Crippen LogP contribution in [0.4, 0.5) is 10.1 Å². The van der Waals surface area contributed by atoms with Crippen LogP contribution in [-0.2, 0) is 0 Å². The normalized spacial score (nSPS) is 10.1. The molecule has 0 spiro atoms. The summed E-state index contributed by atoms with van der Waals surface area (Å²) < 4.78 is 14.3. The fourth-order valence-corrected chi connectivity index (χ4v) is 2.12. The SMILES string of the molecule is C=C(CNc1c(F)cccc1Br)c1ccccc1. The van der Waals surface area contributed by atoms with Gasteiger partial charge in [-0.25, -0.2) is 4.39 Å². The van der Waals surface area contributed by atoms with Crippen molar-refractivity contribution in [3.63, 3.8) is 0 Å². The molecule has 0 aliphatic carbocycles. The lowest BCUT2D eigenvalue weighted by Crippen LogP contribution is -2.05. The summed E-state index contributed by atoms with van der Waals surface area (Å²) in [5.74, 6) is -0.273. The van der Waals surface area contributed by atoms with Crippen LogP contribution in [0.15, 0.2) is 59.6 Å². The first-order chi connectivity index (χ1) is 8.68. The van der Waals surface area contributed by atoms with Crippen LogP contribution in [0, 0.1) is 5.82 Å². The standard InChI is InChI=1S/C15H13BrFN/c1-11(12-6-3-2-4-7-12)10-18-15-13(16)8-5-9-14(15)17/h2-9,18H,1,10H2. The fraction of sp³-hybridized carbons (Fsp3) is 0.0667. The molecule has 2 rings (SSSR count). The molecule has 0 atom stereocenters. The second-order valence-corrected chi connectivity index (χ2v) is 4.77. The zero-order valence-electron chi connectivity index (χ0n) is 9.79. The van der Waals surface area contributed by atoms with Crippen molar-refractivity contribution in [3.8, 4) is 0 Å². The van der Waals surface area contributed by atoms with Gasteiger partial charge < -0.3 is 5.32 Å². The number of benzene rings is 2. The van der Waals surface area contributed by atoms with Crippen molar-refractivity contribution in [1.82, 2.24) is 0 Å². The molecule has 0 amide bonds. The minimum Gasteiger partial charge on any atom is -0.378 e. The number of hydrogen-bond donors (Lipinski definition) is 1. The van der Waals surface area contributed by atoms with E-state index in [1.807, 2.05) is 30.3 Å². The van der Waals surface area contributed by atoms with E-state index in [1.54, 1.807) is 12.1 Å². The molecule has 3 heteroatoms. The van der Waals surface area contributed by atoms with E-state index in [0.717, 1.165) is 11.1 Å². The Morgan fingerprint density at radius 2 is 1.83 bits per heavy atom. The fourth-order valence-electron chi connectivity index (χ4n) is 1.64. The summed E-state index contributed by atoms with van der Waals surface area (Å²) in [4.78, 5) is 0. The van der Waals surface area contributed by atoms with Crippen molar-refractivity contribution in [1.29, 1.82) is 0 Å². The molecule has 0 saturated carbocycles. The van der Waals surface area contributed by atoms with Gasteiger partial charge in [-0.2, -0.15) is 0 Å². The molecular weight excluding hydrogens is 293 g/mol. The molecule has 0 aliphatic heterocycles. The van der Waals surface area contributed by atoms with E-state index in [0.29, 0.717) is 16.7 Å². The van der Waals surface area contributed by atoms with E-state index in [9.17, 15) is 4.39 Å². The van der Waals surface area contributed by atoms with Crippen molar-refractivity contribution < 1.29 is 4.39 Å². The van der Waals surface area contributed by atoms with Crippen LogP contribution in [0.2, 0.25) is 0 Å². The van der Waals surface area contributed by atoms with Gasteiger partial charge >= 0.3 is 0 Å². The van der Waals surface area contributed by atoms with E-state index < -0.39 is 0 Å². The Balaban J connectivity index is 2.07. The molecule has 0 aliphatic rings. The zero-order valence-corrected chi connectivity index (χ0v) is 11.4. The van der Waals surface area contributed by atoms with E-state index in [2.05, 4.69) is 27.8 Å². The van der Waals surface area contributed by atoms with Gasteiger partial charge in [0.05, 0.1) is 5.69 Å². The average molecular weight is 306 g/mol. The summed E-state index contributed by atoms with van der Waals surface area (Å²) in [7, 11) is 0. The molecule has 0 radical (unpaired) electrons. The topological polar surface area (TPSA) is 12.0 Å². The van der Waals surface area contributed by atoms with E-state index >= 15 is 0 Å². The Morgan fingerprint density at radius 3 is 2.50 bits per heavy atom. The summed E-state index contributed by atoms with van der Waals surface area (Å²) in [6.07, 6.45) is 0. The summed E-state index contributed by atoms with van der Waals surface area (Å²) in [5, 5.41) is 3.06. The van der Waals surface area contributed by atoms with Crippen molar-refractivity contribution in [2.24, 2.45) is 0 Å². The Hall–Kier alpha value is -1.61. The monoisotopic (exact) mass is 305 g/mol. The molecule has 0 fully saturated rings. The molecule has 0 saturated heterocycles. The summed E-state index contributed by atoms with van der Waals surface area (Å²) in [6, 6.07) is 14.7. The van der Waals surface area contributed by atoms with Crippen LogP contribution in [0.5, 0.6) is 0 Å². The van der Waals surface area contributed by atoms with Gasteiger partial charge in [0.2, 0.25) is 0 Å². The first-order valence-corrected chi connectivity index (χ1v) is 6.39. The predicted molar refractivity (Wildman–Crippen MR) is 78.1 cm³/mol. The van der Waals surface area contributed by atoms with Gasteiger partial charge in [0.25, 0.3) is 0 Å². The molecule has 0 bridgehead atoms. The largest absolute Gasteiger partial charge is 0.378 e. The minimum absolute atomic E-state index is 0.273. The van der Waals surface area contributed by atoms with Crippen LogP contribution >= 0.6 is 15.9 Å². The Labute approximate surface area is 114 Å². The number of para-hydroxylation sites is 1. The Morgan fingerprint density at radius 1 is 1.11 bits per heavy atom. The molecule has 2 aromatic carbocycles. The van der Waals surface area contributed by atoms with Crippen molar-refractivity contribution >= 4 is 27.2 Å². The molecule has 2 aromatic rings. The lowest BCUT2D eigenvalue weighted by atomic mass is 10.1. The maximum atomic E-state index is 13.6. The molecule has 18 heavy (non-hydrogen) atoms. The number of hydrogen-bond acceptors (Lipinski definition) is 1. The van der Waals surface area contributed by atoms with Gasteiger partial charge in [-0.05, 0) is 39.2 Å². The highest BCUT2D eigenvalue weighted by Crippen LogP contribution is 2.25. The summed E-state index contributed by atoms with van der Waals surface area (Å²) >= 11 is 3.32. The highest BCUT2D eigenvalue weighted by Gasteiger charge is 2.06. The van der Waals surface area contributed by atoms with Crippen LogP contribution in [0.1, 0.15) is 5.56 Å². The first-order valence-electron chi connectivity index (χ1n) is 5.59. The number of nitrogens with one attached hydrogen (secondary N) is 1. The minimum atomic E-state index is -0.273. The van der Waals surface area contributed by atoms with Crippen molar-refractivity contribution in [3.05, 3.63) is 71.0 Å². The third-order valence-corrected chi connectivity index (χ3v) is 3.28. The van der Waals surface area contributed by atoms with Gasteiger partial charge in [0, 0.05) is 11.0 Å². The van der Waals surface area contributed by atoms with Gasteiger partial charge in [-0.1, -0.05) is 43.0 Å². The van der Waals surface area contributed by atoms with Gasteiger partial charge in [0.15, 0.2) is 0 Å². The third-order valence-electron chi connectivity index (χ3n) is 2.62. The zero-order chi connectivity index (χ0) is 13.0. The van der Waals surface area contributed by atoms with E-state index in [4.69, 9.17) is 0 Å². The highest BCUT2D eigenvalue weighted by molar-refractivity contribution is 9.10. The highest BCUT2D eigenvalue weighted by atomic mass is 79.9. The second-order valence-electron chi connectivity index (χ2n) is 3.92. The van der Waals surface area contributed by atoms with Gasteiger partial charge in [-0.3, -0.25) is 0 Å². The lowest BCUT2D eigenvalue weighted by Gasteiger charge is -2.11. The molecule has 1 N–H and O–H groups in total. The van der Waals surface area contributed by atoms with E-state index in [1.165, 1.54) is 6.07 Å². The Kier molecular flexibility index (Phi) is 4.15. The van der Waals surface area contributed by atoms with Crippen LogP contribution < -0.4 is 5.32 Å². The third kappa shape index (κ3) is 2.99. The van der Waals surface area contributed by atoms with Gasteiger partial charge in [-0.15, -0.1) is 0 Å². The summed E-state index contributed by atoms with van der Waals surface area (Å²) in [5.41, 5.74) is 2.44. The number of anilines is 1. The Bertz CT molecular complexity index is 531. The molecule has 92 valence electrons. The van der Waals surface area contributed by atoms with Crippen molar-refractivity contribution in [2.45, 2.75) is 0 Å². The van der Waals surface area contributed by atoms with Crippen LogP contribution in [0.3, 0.4) is 0 Å². The van der Waals surface area contributed by atoms with Crippen LogP contribution in [0.25, 0.3) is 5.57 Å².